The predicted octanol–water partition coefficient (Wildman–Crippen LogP) is 5.38. The van der Waals surface area contributed by atoms with Gasteiger partial charge in [0.1, 0.15) is 0 Å². The lowest BCUT2D eigenvalue weighted by molar-refractivity contribution is -0.137. The maximum atomic E-state index is 13.1. The van der Waals surface area contributed by atoms with E-state index in [-0.39, 0.29) is 18.8 Å². The molecule has 0 saturated heterocycles. The fourth-order valence-electron chi connectivity index (χ4n) is 2.60. The number of pyridine rings is 2. The molecule has 0 aliphatic carbocycles. The van der Waals surface area contributed by atoms with Gasteiger partial charge in [-0.25, -0.2) is 4.79 Å². The molecule has 2 heterocycles. The van der Waals surface area contributed by atoms with E-state index in [9.17, 15) is 18.0 Å². The molecule has 1 N–H and O–H groups in total. The number of hydrogen-bond acceptors (Lipinski definition) is 3. The number of halogens is 4. The molecule has 0 spiro atoms. The van der Waals surface area contributed by atoms with Crippen LogP contribution in [0.3, 0.4) is 0 Å². The van der Waals surface area contributed by atoms with Crippen molar-refractivity contribution >= 4 is 23.3 Å². The zero-order valence-electron chi connectivity index (χ0n) is 15.0. The van der Waals surface area contributed by atoms with Gasteiger partial charge in [-0.3, -0.25) is 9.97 Å². The van der Waals surface area contributed by atoms with E-state index in [2.05, 4.69) is 15.3 Å². The van der Waals surface area contributed by atoms with Gasteiger partial charge in [-0.15, -0.1) is 0 Å². The van der Waals surface area contributed by atoms with E-state index < -0.39 is 22.8 Å². The standard InChI is InChI=1S/C20H16ClF3N4O/c21-18-8-7-14(11-17(18)20(22,23)24)27-19(29)28(12-15-5-1-3-9-25-15)13-16-6-2-4-10-26-16/h1-11H,12-13H2,(H,27,29). The van der Waals surface area contributed by atoms with E-state index in [1.807, 2.05) is 0 Å². The Morgan fingerprint density at radius 2 is 1.55 bits per heavy atom. The number of urea groups is 1. The molecule has 0 atom stereocenters. The second-order valence-corrected chi connectivity index (χ2v) is 6.53. The van der Waals surface area contributed by atoms with E-state index in [0.717, 1.165) is 12.1 Å². The van der Waals surface area contributed by atoms with Gasteiger partial charge in [0.15, 0.2) is 0 Å². The van der Waals surface area contributed by atoms with Gasteiger partial charge in [-0.05, 0) is 42.5 Å². The van der Waals surface area contributed by atoms with Crippen molar-refractivity contribution in [3.63, 3.8) is 0 Å². The Kier molecular flexibility index (Phi) is 6.33. The lowest BCUT2D eigenvalue weighted by Crippen LogP contribution is -2.34. The molecule has 0 unspecified atom stereocenters. The lowest BCUT2D eigenvalue weighted by Gasteiger charge is -2.23. The van der Waals surface area contributed by atoms with Crippen molar-refractivity contribution in [2.24, 2.45) is 0 Å². The van der Waals surface area contributed by atoms with Crippen LogP contribution in [-0.4, -0.2) is 20.9 Å². The number of aromatic nitrogens is 2. The molecule has 150 valence electrons. The summed E-state index contributed by atoms with van der Waals surface area (Å²) in [4.78, 5) is 22.6. The van der Waals surface area contributed by atoms with E-state index in [1.165, 1.54) is 11.0 Å². The minimum atomic E-state index is -4.63. The van der Waals surface area contributed by atoms with Gasteiger partial charge in [0.2, 0.25) is 0 Å². The zero-order chi connectivity index (χ0) is 20.9. The summed E-state index contributed by atoms with van der Waals surface area (Å²) in [7, 11) is 0. The molecule has 5 nitrogen and oxygen atoms in total. The van der Waals surface area contributed by atoms with E-state index in [0.29, 0.717) is 11.4 Å². The van der Waals surface area contributed by atoms with Gasteiger partial charge >= 0.3 is 12.2 Å². The van der Waals surface area contributed by atoms with Crippen molar-refractivity contribution in [2.75, 3.05) is 5.32 Å². The van der Waals surface area contributed by atoms with E-state index in [4.69, 9.17) is 11.6 Å². The number of rotatable bonds is 5. The van der Waals surface area contributed by atoms with Gasteiger partial charge in [0.05, 0.1) is 35.1 Å². The Morgan fingerprint density at radius 1 is 0.966 bits per heavy atom. The van der Waals surface area contributed by atoms with Crippen LogP contribution in [0.4, 0.5) is 23.7 Å². The average molecular weight is 421 g/mol. The molecule has 3 rings (SSSR count). The first-order chi connectivity index (χ1) is 13.8. The molecule has 0 saturated carbocycles. The number of carbonyl (C=O) groups is 1. The fraction of sp³-hybridized carbons (Fsp3) is 0.150. The molecule has 9 heteroatoms. The smallest absolute Gasteiger partial charge is 0.313 e. The molecule has 0 fully saturated rings. The van der Waals surface area contributed by atoms with Crippen LogP contribution in [0.1, 0.15) is 17.0 Å². The molecule has 2 aromatic heterocycles. The van der Waals surface area contributed by atoms with Gasteiger partial charge in [-0.2, -0.15) is 13.2 Å². The number of hydrogen-bond donors (Lipinski definition) is 1. The molecular weight excluding hydrogens is 405 g/mol. The molecule has 1 aromatic carbocycles. The Labute approximate surface area is 170 Å². The summed E-state index contributed by atoms with van der Waals surface area (Å²) < 4.78 is 39.2. The van der Waals surface area contributed by atoms with Gasteiger partial charge in [0, 0.05) is 18.1 Å². The monoisotopic (exact) mass is 420 g/mol. The van der Waals surface area contributed by atoms with Crippen molar-refractivity contribution in [1.29, 1.82) is 0 Å². The maximum Gasteiger partial charge on any atom is 0.417 e. The minimum absolute atomic E-state index is 0.0150. The summed E-state index contributed by atoms with van der Waals surface area (Å²) in [5.41, 5.74) is 0.230. The van der Waals surface area contributed by atoms with Crippen molar-refractivity contribution in [3.8, 4) is 0 Å². The number of amides is 2. The molecule has 29 heavy (non-hydrogen) atoms. The predicted molar refractivity (Wildman–Crippen MR) is 103 cm³/mol. The lowest BCUT2D eigenvalue weighted by atomic mass is 10.2. The normalized spacial score (nSPS) is 11.2. The SMILES string of the molecule is O=C(Nc1ccc(Cl)c(C(F)(F)F)c1)N(Cc1ccccn1)Cc1ccccn1. The van der Waals surface area contributed by atoms with Crippen molar-refractivity contribution in [1.82, 2.24) is 14.9 Å². The molecule has 2 amide bonds. The third-order valence-corrected chi connectivity index (χ3v) is 4.30. The zero-order valence-corrected chi connectivity index (χ0v) is 15.8. The number of anilines is 1. The average Bonchev–Trinajstić information content (AvgIpc) is 2.69. The highest BCUT2D eigenvalue weighted by molar-refractivity contribution is 6.31. The third kappa shape index (κ3) is 5.68. The van der Waals surface area contributed by atoms with Crippen LogP contribution in [-0.2, 0) is 19.3 Å². The van der Waals surface area contributed by atoms with E-state index >= 15 is 0 Å². The highest BCUT2D eigenvalue weighted by Crippen LogP contribution is 2.36. The van der Waals surface area contributed by atoms with Crippen LogP contribution < -0.4 is 5.32 Å². The second kappa shape index (κ2) is 8.91. The first-order valence-electron chi connectivity index (χ1n) is 8.55. The summed E-state index contributed by atoms with van der Waals surface area (Å²) in [6.07, 6.45) is -1.43. The fourth-order valence-corrected chi connectivity index (χ4v) is 2.82. The molecule has 0 bridgehead atoms. The molecular formula is C20H16ClF3N4O. The van der Waals surface area contributed by atoms with Gasteiger partial charge in [-0.1, -0.05) is 23.7 Å². The Hall–Kier alpha value is -3.13. The van der Waals surface area contributed by atoms with Crippen molar-refractivity contribution < 1.29 is 18.0 Å². The summed E-state index contributed by atoms with van der Waals surface area (Å²) >= 11 is 5.63. The van der Waals surface area contributed by atoms with Gasteiger partial charge < -0.3 is 10.2 Å². The van der Waals surface area contributed by atoms with Crippen LogP contribution in [0.25, 0.3) is 0 Å². The first-order valence-corrected chi connectivity index (χ1v) is 8.93. The topological polar surface area (TPSA) is 58.1 Å². The third-order valence-electron chi connectivity index (χ3n) is 3.97. The highest BCUT2D eigenvalue weighted by atomic mass is 35.5. The van der Waals surface area contributed by atoms with Crippen molar-refractivity contribution in [3.05, 3.63) is 89.0 Å². The number of alkyl halides is 3. The van der Waals surface area contributed by atoms with Crippen LogP contribution in [0.2, 0.25) is 5.02 Å². The summed E-state index contributed by atoms with van der Waals surface area (Å²) in [6.45, 7) is 0.311. The van der Waals surface area contributed by atoms with E-state index in [1.54, 1.807) is 48.8 Å². The summed E-state index contributed by atoms with van der Waals surface area (Å²) in [6, 6.07) is 13.2. The number of benzene rings is 1. The number of nitrogens with one attached hydrogen (secondary N) is 1. The molecule has 3 aromatic rings. The Balaban J connectivity index is 1.82. The minimum Gasteiger partial charge on any atom is -0.313 e. The van der Waals surface area contributed by atoms with Crippen LogP contribution >= 0.6 is 11.6 Å². The van der Waals surface area contributed by atoms with Crippen LogP contribution in [0.5, 0.6) is 0 Å². The summed E-state index contributed by atoms with van der Waals surface area (Å²) in [5.74, 6) is 0. The number of carbonyl (C=O) groups excluding carboxylic acids is 1. The maximum absolute atomic E-state index is 13.1. The van der Waals surface area contributed by atoms with Crippen molar-refractivity contribution in [2.45, 2.75) is 19.3 Å². The number of nitrogens with zero attached hydrogens (tertiary/aromatic N) is 3. The summed E-state index contributed by atoms with van der Waals surface area (Å²) in [5, 5.41) is 2.06. The Morgan fingerprint density at radius 3 is 2.03 bits per heavy atom. The highest BCUT2D eigenvalue weighted by Gasteiger charge is 2.33. The van der Waals surface area contributed by atoms with Crippen LogP contribution in [0.15, 0.2) is 67.0 Å². The molecule has 0 radical (unpaired) electrons. The van der Waals surface area contributed by atoms with Crippen LogP contribution in [0, 0.1) is 0 Å². The first kappa shape index (κ1) is 20.6. The quantitative estimate of drug-likeness (QED) is 0.602. The largest absolute Gasteiger partial charge is 0.417 e. The molecule has 0 aliphatic heterocycles. The molecule has 0 aliphatic rings. The second-order valence-electron chi connectivity index (χ2n) is 6.12. The van der Waals surface area contributed by atoms with Gasteiger partial charge in [0.25, 0.3) is 0 Å². The Bertz CT molecular complexity index is 927.